The Morgan fingerprint density at radius 1 is 1.30 bits per heavy atom. The molecule has 0 fully saturated rings. The molecule has 0 saturated heterocycles. The van der Waals surface area contributed by atoms with Crippen molar-refractivity contribution in [2.45, 2.75) is 6.54 Å². The van der Waals surface area contributed by atoms with Crippen LogP contribution in [0.1, 0.15) is 5.56 Å². The van der Waals surface area contributed by atoms with Gasteiger partial charge in [0.2, 0.25) is 0 Å². The van der Waals surface area contributed by atoms with E-state index in [4.69, 9.17) is 23.8 Å². The molecule has 7 heteroatoms. The number of aromatic amines is 1. The number of rotatable bonds is 3. The summed E-state index contributed by atoms with van der Waals surface area (Å²) in [5, 5.41) is 12.0. The first kappa shape index (κ1) is 13.1. The van der Waals surface area contributed by atoms with Crippen LogP contribution in [0.5, 0.6) is 0 Å². The van der Waals surface area contributed by atoms with Crippen molar-refractivity contribution in [3.8, 4) is 11.4 Å². The van der Waals surface area contributed by atoms with Crippen molar-refractivity contribution >= 4 is 23.8 Å². The Morgan fingerprint density at radius 3 is 2.70 bits per heavy atom. The second-order valence-corrected chi connectivity index (χ2v) is 5.29. The summed E-state index contributed by atoms with van der Waals surface area (Å²) in [5.41, 5.74) is 2.06. The van der Waals surface area contributed by atoms with Crippen molar-refractivity contribution in [3.63, 3.8) is 0 Å². The highest BCUT2D eigenvalue weighted by Crippen LogP contribution is 2.16. The summed E-state index contributed by atoms with van der Waals surface area (Å²) in [6.45, 7) is 0.687. The Morgan fingerprint density at radius 2 is 2.05 bits per heavy atom. The number of aromatic nitrogens is 5. The number of nitrogens with zero attached hydrogens (tertiary/aromatic N) is 4. The molecule has 2 aromatic heterocycles. The van der Waals surface area contributed by atoms with E-state index < -0.39 is 0 Å². The van der Waals surface area contributed by atoms with Crippen LogP contribution >= 0.6 is 23.8 Å². The van der Waals surface area contributed by atoms with E-state index >= 15 is 0 Å². The lowest BCUT2D eigenvalue weighted by molar-refractivity contribution is 0.687. The molecule has 3 aromatic rings. The van der Waals surface area contributed by atoms with Crippen molar-refractivity contribution in [1.82, 2.24) is 24.5 Å². The van der Waals surface area contributed by atoms with Crippen molar-refractivity contribution < 1.29 is 0 Å². The second kappa shape index (κ2) is 5.22. The van der Waals surface area contributed by atoms with E-state index in [2.05, 4.69) is 15.3 Å². The minimum absolute atomic E-state index is 0.588. The highest BCUT2D eigenvalue weighted by Gasteiger charge is 2.08. The first-order valence-corrected chi connectivity index (χ1v) is 6.81. The lowest BCUT2D eigenvalue weighted by Crippen LogP contribution is -1.99. The molecule has 20 heavy (non-hydrogen) atoms. The quantitative estimate of drug-likeness (QED) is 0.757. The van der Waals surface area contributed by atoms with Crippen molar-refractivity contribution in [3.05, 3.63) is 52.0 Å². The van der Waals surface area contributed by atoms with Crippen LogP contribution in [0.15, 0.2) is 36.7 Å². The van der Waals surface area contributed by atoms with E-state index in [1.807, 2.05) is 46.8 Å². The van der Waals surface area contributed by atoms with Gasteiger partial charge in [0.1, 0.15) is 0 Å². The van der Waals surface area contributed by atoms with Crippen LogP contribution in [-0.4, -0.2) is 24.5 Å². The lowest BCUT2D eigenvalue weighted by Gasteiger charge is -2.01. The van der Waals surface area contributed by atoms with Crippen molar-refractivity contribution in [2.24, 2.45) is 7.05 Å². The maximum Gasteiger partial charge on any atom is 0.195 e. The summed E-state index contributed by atoms with van der Waals surface area (Å²) < 4.78 is 4.26. The first-order chi connectivity index (χ1) is 9.63. The average Bonchev–Trinajstić information content (AvgIpc) is 3.01. The van der Waals surface area contributed by atoms with Crippen LogP contribution in [0.2, 0.25) is 5.02 Å². The van der Waals surface area contributed by atoms with Gasteiger partial charge in [-0.1, -0.05) is 23.7 Å². The van der Waals surface area contributed by atoms with Crippen molar-refractivity contribution in [1.29, 1.82) is 0 Å². The van der Waals surface area contributed by atoms with E-state index in [9.17, 15) is 0 Å². The fourth-order valence-electron chi connectivity index (χ4n) is 1.95. The normalized spacial score (nSPS) is 10.9. The third-order valence-electron chi connectivity index (χ3n) is 3.03. The summed E-state index contributed by atoms with van der Waals surface area (Å²) in [6.07, 6.45) is 3.72. The van der Waals surface area contributed by atoms with Crippen LogP contribution in [0.4, 0.5) is 0 Å². The molecule has 0 bridgehead atoms. The summed E-state index contributed by atoms with van der Waals surface area (Å²) in [5.74, 6) is 0.775. The van der Waals surface area contributed by atoms with Gasteiger partial charge in [-0.3, -0.25) is 9.78 Å². The van der Waals surface area contributed by atoms with E-state index in [0.29, 0.717) is 11.3 Å². The molecule has 1 N–H and O–H groups in total. The zero-order valence-corrected chi connectivity index (χ0v) is 12.3. The Hall–Kier alpha value is -1.92. The number of hydrogen-bond acceptors (Lipinski definition) is 3. The predicted octanol–water partition coefficient (Wildman–Crippen LogP) is 3.04. The summed E-state index contributed by atoms with van der Waals surface area (Å²) >= 11 is 11.0. The zero-order chi connectivity index (χ0) is 14.1. The molecule has 0 atom stereocenters. The van der Waals surface area contributed by atoms with Gasteiger partial charge in [-0.25, -0.2) is 0 Å². The number of hydrogen-bond donors (Lipinski definition) is 1. The molecule has 0 radical (unpaired) electrons. The van der Waals surface area contributed by atoms with E-state index in [1.165, 1.54) is 0 Å². The van der Waals surface area contributed by atoms with Crippen LogP contribution in [-0.2, 0) is 13.6 Å². The fraction of sp³-hybridized carbons (Fsp3) is 0.154. The van der Waals surface area contributed by atoms with Crippen LogP contribution in [0.3, 0.4) is 0 Å². The molecule has 0 aliphatic heterocycles. The molecule has 0 spiro atoms. The molecule has 0 aliphatic carbocycles. The number of benzene rings is 1. The monoisotopic (exact) mass is 305 g/mol. The van der Waals surface area contributed by atoms with Gasteiger partial charge in [-0.2, -0.15) is 10.2 Å². The van der Waals surface area contributed by atoms with Gasteiger partial charge >= 0.3 is 0 Å². The van der Waals surface area contributed by atoms with Crippen molar-refractivity contribution in [2.75, 3.05) is 0 Å². The highest BCUT2D eigenvalue weighted by molar-refractivity contribution is 7.71. The summed E-state index contributed by atoms with van der Waals surface area (Å²) in [6, 6.07) is 7.72. The molecule has 0 unspecified atom stereocenters. The van der Waals surface area contributed by atoms with E-state index in [-0.39, 0.29) is 0 Å². The summed E-state index contributed by atoms with van der Waals surface area (Å²) in [4.78, 5) is 0. The first-order valence-electron chi connectivity index (χ1n) is 6.02. The molecule has 5 nitrogen and oxygen atoms in total. The Labute approximate surface area is 125 Å². The second-order valence-electron chi connectivity index (χ2n) is 4.46. The number of H-pyrrole nitrogens is 1. The molecule has 1 aromatic carbocycles. The molecule has 102 valence electrons. The Balaban J connectivity index is 1.85. The average molecular weight is 306 g/mol. The molecule has 0 saturated carbocycles. The van der Waals surface area contributed by atoms with Gasteiger partial charge < -0.3 is 4.57 Å². The van der Waals surface area contributed by atoms with Crippen LogP contribution in [0.25, 0.3) is 11.4 Å². The molecular weight excluding hydrogens is 294 g/mol. The third-order valence-corrected chi connectivity index (χ3v) is 3.65. The van der Waals surface area contributed by atoms with Crippen LogP contribution < -0.4 is 0 Å². The summed E-state index contributed by atoms with van der Waals surface area (Å²) in [7, 11) is 1.87. The lowest BCUT2D eigenvalue weighted by atomic mass is 10.2. The molecule has 0 amide bonds. The van der Waals surface area contributed by atoms with Gasteiger partial charge in [0.25, 0.3) is 0 Å². The van der Waals surface area contributed by atoms with E-state index in [1.54, 1.807) is 6.20 Å². The predicted molar refractivity (Wildman–Crippen MR) is 80.2 cm³/mol. The number of nitrogens with one attached hydrogen (secondary N) is 1. The smallest absolute Gasteiger partial charge is 0.195 e. The Bertz CT molecular complexity index is 784. The Kier molecular flexibility index (Phi) is 3.42. The largest absolute Gasteiger partial charge is 0.303 e. The standard InChI is InChI=1S/C13H12ClN5S/c1-18-12(16-17-13(18)20)10-6-15-19(8-10)7-9-2-4-11(14)5-3-9/h2-6,8H,7H2,1H3,(H,17,20). The molecule has 3 rings (SSSR count). The van der Waals surface area contributed by atoms with Gasteiger partial charge in [-0.05, 0) is 29.9 Å². The van der Waals surface area contributed by atoms with Gasteiger partial charge in [0.15, 0.2) is 10.6 Å². The van der Waals surface area contributed by atoms with Gasteiger partial charge in [-0.15, -0.1) is 0 Å². The van der Waals surface area contributed by atoms with E-state index in [0.717, 1.165) is 22.0 Å². The maximum atomic E-state index is 5.87. The maximum absolute atomic E-state index is 5.87. The molecular formula is C13H12ClN5S. The minimum Gasteiger partial charge on any atom is -0.303 e. The number of halogens is 1. The minimum atomic E-state index is 0.588. The molecule has 0 aliphatic rings. The van der Waals surface area contributed by atoms with Crippen LogP contribution in [0, 0.1) is 4.77 Å². The molecule has 2 heterocycles. The van der Waals surface area contributed by atoms with Gasteiger partial charge in [0.05, 0.1) is 18.3 Å². The topological polar surface area (TPSA) is 51.4 Å². The fourth-order valence-corrected chi connectivity index (χ4v) is 2.21. The zero-order valence-electron chi connectivity index (χ0n) is 10.7. The SMILES string of the molecule is Cn1c(-c2cnn(Cc3ccc(Cl)cc3)c2)n[nH]c1=S. The highest BCUT2D eigenvalue weighted by atomic mass is 35.5. The van der Waals surface area contributed by atoms with Gasteiger partial charge in [0, 0.05) is 18.3 Å². The third kappa shape index (κ3) is 2.52.